The quantitative estimate of drug-likeness (QED) is 0.636. The van der Waals surface area contributed by atoms with Gasteiger partial charge in [-0.1, -0.05) is 6.07 Å². The molecule has 3 aromatic rings. The Bertz CT molecular complexity index is 961. The molecular weight excluding hydrogens is 366 g/mol. The van der Waals surface area contributed by atoms with Crippen molar-refractivity contribution in [2.24, 2.45) is 0 Å². The van der Waals surface area contributed by atoms with Crippen LogP contribution in [0.4, 0.5) is 0 Å². The number of furan rings is 1. The molecule has 2 N–H and O–H groups in total. The van der Waals surface area contributed by atoms with Crippen LogP contribution in [0.5, 0.6) is 11.5 Å². The molecule has 0 aliphatic carbocycles. The Morgan fingerprint density at radius 3 is 2.96 bits per heavy atom. The van der Waals surface area contributed by atoms with Gasteiger partial charge in [-0.15, -0.1) is 0 Å². The van der Waals surface area contributed by atoms with Crippen molar-refractivity contribution in [3.05, 3.63) is 64.6 Å². The van der Waals surface area contributed by atoms with Gasteiger partial charge in [0.1, 0.15) is 17.6 Å². The Balaban J connectivity index is 1.31. The summed E-state index contributed by atoms with van der Waals surface area (Å²) in [4.78, 5) is 12.0. The summed E-state index contributed by atoms with van der Waals surface area (Å²) in [5.74, 6) is 2.15. The Kier molecular flexibility index (Phi) is 4.95. The number of aliphatic hydroxyl groups excluding tert-OH is 1. The average Bonchev–Trinajstić information content (AvgIpc) is 3.44. The summed E-state index contributed by atoms with van der Waals surface area (Å²) in [5.41, 5.74) is 1.79. The SMILES string of the molecule is O=C(/C=C/c1ccc2c(c1)OCO2)NCC(O)c1ccc(-c2ccsc2)o1. The summed E-state index contributed by atoms with van der Waals surface area (Å²) in [7, 11) is 0. The first-order valence-corrected chi connectivity index (χ1v) is 9.29. The first-order chi connectivity index (χ1) is 13.2. The van der Waals surface area contributed by atoms with Gasteiger partial charge in [0, 0.05) is 17.0 Å². The van der Waals surface area contributed by atoms with Crippen molar-refractivity contribution < 1.29 is 23.8 Å². The molecule has 138 valence electrons. The second kappa shape index (κ2) is 7.69. The average molecular weight is 383 g/mol. The van der Waals surface area contributed by atoms with E-state index in [1.54, 1.807) is 35.6 Å². The highest BCUT2D eigenvalue weighted by atomic mass is 32.1. The number of nitrogens with one attached hydrogen (secondary N) is 1. The number of ether oxygens (including phenoxy) is 2. The lowest BCUT2D eigenvalue weighted by atomic mass is 10.2. The van der Waals surface area contributed by atoms with Crippen LogP contribution >= 0.6 is 11.3 Å². The second-order valence-corrected chi connectivity index (χ2v) is 6.70. The molecule has 7 heteroatoms. The molecule has 0 saturated carbocycles. The fourth-order valence-corrected chi connectivity index (χ4v) is 3.28. The number of carbonyl (C=O) groups is 1. The van der Waals surface area contributed by atoms with E-state index in [0.717, 1.165) is 11.1 Å². The molecule has 0 bridgehead atoms. The summed E-state index contributed by atoms with van der Waals surface area (Å²) in [6, 6.07) is 10.9. The molecule has 0 fully saturated rings. The minimum Gasteiger partial charge on any atom is -0.458 e. The van der Waals surface area contributed by atoms with E-state index in [2.05, 4.69) is 5.32 Å². The van der Waals surface area contributed by atoms with Crippen molar-refractivity contribution in [1.29, 1.82) is 0 Å². The number of hydrogen-bond acceptors (Lipinski definition) is 6. The van der Waals surface area contributed by atoms with Gasteiger partial charge in [-0.3, -0.25) is 4.79 Å². The molecular formula is C20H17NO5S. The molecule has 1 amide bonds. The lowest BCUT2D eigenvalue weighted by Gasteiger charge is -2.08. The molecule has 2 aromatic heterocycles. The maximum atomic E-state index is 12.0. The molecule has 6 nitrogen and oxygen atoms in total. The van der Waals surface area contributed by atoms with Gasteiger partial charge < -0.3 is 24.3 Å². The molecule has 27 heavy (non-hydrogen) atoms. The first kappa shape index (κ1) is 17.4. The van der Waals surface area contributed by atoms with Crippen LogP contribution in [0.1, 0.15) is 17.4 Å². The van der Waals surface area contributed by atoms with Gasteiger partial charge in [-0.25, -0.2) is 0 Å². The fraction of sp³-hybridized carbons (Fsp3) is 0.150. The Labute approximate surface area is 159 Å². The molecule has 0 radical (unpaired) electrons. The molecule has 3 heterocycles. The summed E-state index contributed by atoms with van der Waals surface area (Å²) in [6.07, 6.45) is 2.16. The summed E-state index contributed by atoms with van der Waals surface area (Å²) in [6.45, 7) is 0.267. The van der Waals surface area contributed by atoms with Crippen LogP contribution in [0.15, 0.2) is 57.7 Å². The highest BCUT2D eigenvalue weighted by Crippen LogP contribution is 2.32. The molecule has 1 unspecified atom stereocenters. The van der Waals surface area contributed by atoms with E-state index in [-0.39, 0.29) is 19.2 Å². The third kappa shape index (κ3) is 4.05. The van der Waals surface area contributed by atoms with Gasteiger partial charge in [0.15, 0.2) is 11.5 Å². The minimum absolute atomic E-state index is 0.0565. The molecule has 1 aliphatic heterocycles. The number of aliphatic hydroxyl groups is 1. The number of benzene rings is 1. The van der Waals surface area contributed by atoms with E-state index in [1.165, 1.54) is 6.08 Å². The summed E-state index contributed by atoms with van der Waals surface area (Å²) < 4.78 is 16.2. The van der Waals surface area contributed by atoms with Crippen LogP contribution < -0.4 is 14.8 Å². The zero-order chi connectivity index (χ0) is 18.6. The predicted molar refractivity (Wildman–Crippen MR) is 102 cm³/mol. The lowest BCUT2D eigenvalue weighted by molar-refractivity contribution is -0.116. The molecule has 1 aromatic carbocycles. The van der Waals surface area contributed by atoms with Gasteiger partial charge in [-0.05, 0) is 47.4 Å². The van der Waals surface area contributed by atoms with Crippen molar-refractivity contribution in [3.8, 4) is 22.8 Å². The van der Waals surface area contributed by atoms with Gasteiger partial charge in [-0.2, -0.15) is 11.3 Å². The van der Waals surface area contributed by atoms with Crippen molar-refractivity contribution in [2.45, 2.75) is 6.10 Å². The normalized spacial score (nSPS) is 13.8. The van der Waals surface area contributed by atoms with Crippen molar-refractivity contribution >= 4 is 23.3 Å². The predicted octanol–water partition coefficient (Wildman–Crippen LogP) is 3.60. The van der Waals surface area contributed by atoms with Crippen LogP contribution in [0.25, 0.3) is 17.4 Å². The van der Waals surface area contributed by atoms with Crippen LogP contribution in [0, 0.1) is 0 Å². The van der Waals surface area contributed by atoms with Gasteiger partial charge in [0.25, 0.3) is 0 Å². The number of hydrogen-bond donors (Lipinski definition) is 2. The maximum absolute atomic E-state index is 12.0. The van der Waals surface area contributed by atoms with E-state index in [0.29, 0.717) is 23.0 Å². The van der Waals surface area contributed by atoms with E-state index >= 15 is 0 Å². The fourth-order valence-electron chi connectivity index (χ4n) is 2.64. The van der Waals surface area contributed by atoms with Crippen molar-refractivity contribution in [2.75, 3.05) is 13.3 Å². The molecule has 0 spiro atoms. The monoisotopic (exact) mass is 383 g/mol. The van der Waals surface area contributed by atoms with Crippen LogP contribution in [-0.2, 0) is 4.79 Å². The van der Waals surface area contributed by atoms with Crippen LogP contribution in [-0.4, -0.2) is 24.4 Å². The van der Waals surface area contributed by atoms with Crippen molar-refractivity contribution in [3.63, 3.8) is 0 Å². The number of thiophene rings is 1. The van der Waals surface area contributed by atoms with E-state index in [9.17, 15) is 9.90 Å². The molecule has 4 rings (SSSR count). The number of amides is 1. The zero-order valence-corrected chi connectivity index (χ0v) is 15.1. The van der Waals surface area contributed by atoms with E-state index < -0.39 is 6.10 Å². The zero-order valence-electron chi connectivity index (χ0n) is 14.3. The lowest BCUT2D eigenvalue weighted by Crippen LogP contribution is -2.26. The number of fused-ring (bicyclic) bond motifs is 1. The summed E-state index contributed by atoms with van der Waals surface area (Å²) >= 11 is 1.57. The van der Waals surface area contributed by atoms with Crippen LogP contribution in [0.2, 0.25) is 0 Å². The van der Waals surface area contributed by atoms with Gasteiger partial charge >= 0.3 is 0 Å². The molecule has 1 aliphatic rings. The van der Waals surface area contributed by atoms with Crippen molar-refractivity contribution in [1.82, 2.24) is 5.32 Å². The number of rotatable bonds is 6. The van der Waals surface area contributed by atoms with Crippen LogP contribution in [0.3, 0.4) is 0 Å². The summed E-state index contributed by atoms with van der Waals surface area (Å²) in [5, 5.41) is 16.8. The smallest absolute Gasteiger partial charge is 0.244 e. The highest BCUT2D eigenvalue weighted by molar-refractivity contribution is 7.08. The topological polar surface area (TPSA) is 80.9 Å². The first-order valence-electron chi connectivity index (χ1n) is 8.35. The largest absolute Gasteiger partial charge is 0.458 e. The molecule has 1 atom stereocenters. The van der Waals surface area contributed by atoms with E-state index in [4.69, 9.17) is 13.9 Å². The van der Waals surface area contributed by atoms with Gasteiger partial charge in [0.2, 0.25) is 12.7 Å². The Morgan fingerprint density at radius 1 is 1.22 bits per heavy atom. The highest BCUT2D eigenvalue weighted by Gasteiger charge is 2.15. The third-order valence-electron chi connectivity index (χ3n) is 4.05. The maximum Gasteiger partial charge on any atom is 0.244 e. The third-order valence-corrected chi connectivity index (χ3v) is 4.74. The minimum atomic E-state index is -0.916. The Morgan fingerprint density at radius 2 is 2.11 bits per heavy atom. The Hall–Kier alpha value is -3.03. The number of carbonyl (C=O) groups excluding carboxylic acids is 1. The molecule has 0 saturated heterocycles. The van der Waals surface area contributed by atoms with E-state index in [1.807, 2.05) is 29.0 Å². The van der Waals surface area contributed by atoms with Gasteiger partial charge in [0.05, 0.1) is 6.54 Å². The standard InChI is InChI=1S/C20H17NO5S/c22-15(17-5-4-16(26-17)14-7-8-27-11-14)10-21-20(23)6-2-13-1-3-18-19(9-13)25-12-24-18/h1-9,11,15,22H,10,12H2,(H,21,23)/b6-2+. The second-order valence-electron chi connectivity index (χ2n) is 5.92.